The van der Waals surface area contributed by atoms with Gasteiger partial charge in [-0.15, -0.1) is 0 Å². The van der Waals surface area contributed by atoms with Crippen molar-refractivity contribution in [2.45, 2.75) is 46.1 Å². The van der Waals surface area contributed by atoms with Crippen LogP contribution in [0.5, 0.6) is 0 Å². The molecule has 0 spiro atoms. The molecule has 4 heteroatoms. The van der Waals surface area contributed by atoms with Crippen molar-refractivity contribution in [2.75, 3.05) is 0 Å². The summed E-state index contributed by atoms with van der Waals surface area (Å²) in [4.78, 5) is 11.8. The molecule has 2 rings (SSSR count). The fourth-order valence-corrected chi connectivity index (χ4v) is 2.36. The van der Waals surface area contributed by atoms with Crippen molar-refractivity contribution in [3.05, 3.63) is 15.9 Å². The van der Waals surface area contributed by atoms with E-state index in [2.05, 4.69) is 21.0 Å². The van der Waals surface area contributed by atoms with Crippen molar-refractivity contribution in [1.82, 2.24) is 9.78 Å². The first-order valence-corrected chi connectivity index (χ1v) is 6.64. The second kappa shape index (κ2) is 4.70. The van der Waals surface area contributed by atoms with E-state index >= 15 is 0 Å². The van der Waals surface area contributed by atoms with E-state index in [0.717, 1.165) is 28.8 Å². The summed E-state index contributed by atoms with van der Waals surface area (Å²) in [5.41, 5.74) is 2.00. The maximum absolute atomic E-state index is 11.8. The van der Waals surface area contributed by atoms with Crippen LogP contribution in [0.15, 0.2) is 4.47 Å². The first-order valence-electron chi connectivity index (χ1n) is 5.85. The van der Waals surface area contributed by atoms with Gasteiger partial charge >= 0.3 is 0 Å². The van der Waals surface area contributed by atoms with Gasteiger partial charge in [0.25, 0.3) is 0 Å². The summed E-state index contributed by atoms with van der Waals surface area (Å²) in [5, 5.41) is 4.39. The molecule has 1 aliphatic carbocycles. The summed E-state index contributed by atoms with van der Waals surface area (Å²) in [5.74, 6) is 1.02. The van der Waals surface area contributed by atoms with Crippen LogP contribution in [-0.4, -0.2) is 15.6 Å². The Labute approximate surface area is 104 Å². The average Bonchev–Trinajstić information content (AvgIpc) is 3.01. The van der Waals surface area contributed by atoms with E-state index in [0.29, 0.717) is 18.1 Å². The molecule has 0 atom stereocenters. The number of carbonyl (C=O) groups is 1. The van der Waals surface area contributed by atoms with Gasteiger partial charge in [0.2, 0.25) is 0 Å². The zero-order chi connectivity index (χ0) is 11.7. The highest BCUT2D eigenvalue weighted by atomic mass is 79.9. The number of ketones is 1. The van der Waals surface area contributed by atoms with Gasteiger partial charge < -0.3 is 0 Å². The Kier molecular flexibility index (Phi) is 3.47. The Balaban J connectivity index is 2.09. The molecule has 0 unspecified atom stereocenters. The molecule has 1 fully saturated rings. The van der Waals surface area contributed by atoms with Gasteiger partial charge in [-0.05, 0) is 48.5 Å². The number of halogens is 1. The molecule has 1 aromatic rings. The SMILES string of the molecule is CCn1nc(C)c(Br)c1CC(=O)CC1CC1. The number of carbonyl (C=O) groups excluding carboxylic acids is 1. The highest BCUT2D eigenvalue weighted by Crippen LogP contribution is 2.33. The van der Waals surface area contributed by atoms with Crippen molar-refractivity contribution in [3.63, 3.8) is 0 Å². The third-order valence-electron chi connectivity index (χ3n) is 3.03. The minimum absolute atomic E-state index is 0.345. The second-order valence-corrected chi connectivity index (χ2v) is 5.32. The number of Topliss-reactive ketones (excluding diaryl/α,β-unsaturated/α-hetero) is 1. The Bertz CT molecular complexity index is 407. The Morgan fingerprint density at radius 2 is 2.25 bits per heavy atom. The van der Waals surface area contributed by atoms with Gasteiger partial charge in [0.1, 0.15) is 5.78 Å². The summed E-state index contributed by atoms with van der Waals surface area (Å²) >= 11 is 3.52. The highest BCUT2D eigenvalue weighted by Gasteiger charge is 2.25. The molecule has 88 valence electrons. The molecule has 0 aromatic carbocycles. The van der Waals surface area contributed by atoms with Crippen molar-refractivity contribution < 1.29 is 4.79 Å². The van der Waals surface area contributed by atoms with Gasteiger partial charge in [0.15, 0.2) is 0 Å². The molecule has 0 aliphatic heterocycles. The monoisotopic (exact) mass is 284 g/mol. The Hall–Kier alpha value is -0.640. The summed E-state index contributed by atoms with van der Waals surface area (Å²) in [6.45, 7) is 4.83. The van der Waals surface area contributed by atoms with E-state index in [-0.39, 0.29) is 0 Å². The third-order valence-corrected chi connectivity index (χ3v) is 4.06. The van der Waals surface area contributed by atoms with E-state index in [1.165, 1.54) is 12.8 Å². The fraction of sp³-hybridized carbons (Fsp3) is 0.667. The second-order valence-electron chi connectivity index (χ2n) is 4.52. The maximum atomic E-state index is 11.8. The van der Waals surface area contributed by atoms with Gasteiger partial charge in [-0.2, -0.15) is 5.10 Å². The van der Waals surface area contributed by atoms with E-state index < -0.39 is 0 Å². The standard InChI is InChI=1S/C12H17BrN2O/c1-3-15-11(12(13)8(2)14-15)7-10(16)6-9-4-5-9/h9H,3-7H2,1-2H3. The zero-order valence-corrected chi connectivity index (χ0v) is 11.4. The normalized spacial score (nSPS) is 15.4. The fourth-order valence-electron chi connectivity index (χ4n) is 1.94. The summed E-state index contributed by atoms with van der Waals surface area (Å²) in [6.07, 6.45) is 3.74. The number of aromatic nitrogens is 2. The minimum Gasteiger partial charge on any atom is -0.299 e. The molecule has 1 heterocycles. The first-order chi connectivity index (χ1) is 7.61. The molecule has 0 N–H and O–H groups in total. The van der Waals surface area contributed by atoms with Crippen LogP contribution in [0.4, 0.5) is 0 Å². The van der Waals surface area contributed by atoms with E-state index in [4.69, 9.17) is 0 Å². The quantitative estimate of drug-likeness (QED) is 0.833. The molecule has 3 nitrogen and oxygen atoms in total. The van der Waals surface area contributed by atoms with Crippen LogP contribution in [0.25, 0.3) is 0 Å². The molecule has 1 aromatic heterocycles. The van der Waals surface area contributed by atoms with Gasteiger partial charge in [-0.1, -0.05) is 0 Å². The molecule has 1 saturated carbocycles. The number of nitrogens with zero attached hydrogens (tertiary/aromatic N) is 2. The summed E-state index contributed by atoms with van der Waals surface area (Å²) in [7, 11) is 0. The predicted molar refractivity (Wildman–Crippen MR) is 66.4 cm³/mol. The molecule has 0 bridgehead atoms. The predicted octanol–water partition coefficient (Wildman–Crippen LogP) is 2.89. The smallest absolute Gasteiger partial charge is 0.139 e. The first kappa shape index (κ1) is 11.8. The Morgan fingerprint density at radius 3 is 2.81 bits per heavy atom. The zero-order valence-electron chi connectivity index (χ0n) is 9.79. The van der Waals surface area contributed by atoms with Crippen molar-refractivity contribution >= 4 is 21.7 Å². The maximum Gasteiger partial charge on any atom is 0.139 e. The topological polar surface area (TPSA) is 34.9 Å². The third kappa shape index (κ3) is 2.54. The van der Waals surface area contributed by atoms with Gasteiger partial charge in [0.05, 0.1) is 15.9 Å². The van der Waals surface area contributed by atoms with Crippen molar-refractivity contribution in [1.29, 1.82) is 0 Å². The van der Waals surface area contributed by atoms with Crippen molar-refractivity contribution in [3.8, 4) is 0 Å². The van der Waals surface area contributed by atoms with Crippen LogP contribution in [0.1, 0.15) is 37.6 Å². The number of hydrogen-bond acceptors (Lipinski definition) is 2. The van der Waals surface area contributed by atoms with Gasteiger partial charge in [0, 0.05) is 19.4 Å². The van der Waals surface area contributed by atoms with Crippen LogP contribution in [0, 0.1) is 12.8 Å². The number of aryl methyl sites for hydroxylation is 2. The van der Waals surface area contributed by atoms with Gasteiger partial charge in [-0.25, -0.2) is 0 Å². The summed E-state index contributed by atoms with van der Waals surface area (Å²) < 4.78 is 2.92. The lowest BCUT2D eigenvalue weighted by atomic mass is 10.1. The van der Waals surface area contributed by atoms with Crippen LogP contribution in [0.2, 0.25) is 0 Å². The van der Waals surface area contributed by atoms with Crippen LogP contribution in [0.3, 0.4) is 0 Å². The number of rotatable bonds is 5. The molecular formula is C12H17BrN2O. The lowest BCUT2D eigenvalue weighted by Gasteiger charge is -2.04. The molecule has 0 amide bonds. The lowest BCUT2D eigenvalue weighted by molar-refractivity contribution is -0.118. The Morgan fingerprint density at radius 1 is 1.56 bits per heavy atom. The molecule has 16 heavy (non-hydrogen) atoms. The molecular weight excluding hydrogens is 268 g/mol. The average molecular weight is 285 g/mol. The van der Waals surface area contributed by atoms with Crippen molar-refractivity contribution in [2.24, 2.45) is 5.92 Å². The summed E-state index contributed by atoms with van der Waals surface area (Å²) in [6, 6.07) is 0. The lowest BCUT2D eigenvalue weighted by Crippen LogP contribution is -2.10. The minimum atomic E-state index is 0.345. The van der Waals surface area contributed by atoms with E-state index in [1.807, 2.05) is 18.5 Å². The van der Waals surface area contributed by atoms with Crippen LogP contribution >= 0.6 is 15.9 Å². The van der Waals surface area contributed by atoms with Crippen LogP contribution in [-0.2, 0) is 17.8 Å². The molecule has 0 radical (unpaired) electrons. The largest absolute Gasteiger partial charge is 0.299 e. The number of hydrogen-bond donors (Lipinski definition) is 0. The molecule has 1 aliphatic rings. The van der Waals surface area contributed by atoms with E-state index in [9.17, 15) is 4.79 Å². The molecule has 0 saturated heterocycles. The van der Waals surface area contributed by atoms with Gasteiger partial charge in [-0.3, -0.25) is 9.48 Å². The highest BCUT2D eigenvalue weighted by molar-refractivity contribution is 9.10. The van der Waals surface area contributed by atoms with Crippen LogP contribution < -0.4 is 0 Å². The van der Waals surface area contributed by atoms with E-state index in [1.54, 1.807) is 0 Å².